The Hall–Kier alpha value is -3.77. The van der Waals surface area contributed by atoms with Crippen molar-refractivity contribution in [2.45, 2.75) is 19.9 Å². The largest absolute Gasteiger partial charge is 0.507 e. The van der Waals surface area contributed by atoms with Gasteiger partial charge >= 0.3 is 5.91 Å². The van der Waals surface area contributed by atoms with Crippen LogP contribution in [-0.4, -0.2) is 21.8 Å². The van der Waals surface area contributed by atoms with E-state index in [1.807, 2.05) is 74.5 Å². The predicted octanol–water partition coefficient (Wildman–Crippen LogP) is 5.54. The number of para-hydroxylation sites is 1. The SMILES string of the molecule is Cc1ccc(/C(O)=C2/C(=O)C(=O)N(c3nc4ccccc4s3)C2c2ccc(C)cc2)cc1. The van der Waals surface area contributed by atoms with Crippen molar-refractivity contribution in [1.29, 1.82) is 0 Å². The molecule has 1 fully saturated rings. The molecule has 0 spiro atoms. The van der Waals surface area contributed by atoms with E-state index in [-0.39, 0.29) is 11.3 Å². The highest BCUT2D eigenvalue weighted by molar-refractivity contribution is 7.22. The van der Waals surface area contributed by atoms with Crippen molar-refractivity contribution in [3.63, 3.8) is 0 Å². The fraction of sp³-hybridized carbons (Fsp3) is 0.115. The van der Waals surface area contributed by atoms with Crippen molar-refractivity contribution in [3.05, 3.63) is 101 Å². The lowest BCUT2D eigenvalue weighted by molar-refractivity contribution is -0.132. The van der Waals surface area contributed by atoms with Gasteiger partial charge in [-0.1, -0.05) is 83.1 Å². The minimum atomic E-state index is -0.766. The normalized spacial score (nSPS) is 17.9. The Kier molecular flexibility index (Phi) is 4.87. The molecule has 0 aliphatic carbocycles. The number of aryl methyl sites for hydroxylation is 2. The van der Waals surface area contributed by atoms with Gasteiger partial charge in [-0.25, -0.2) is 4.98 Å². The van der Waals surface area contributed by atoms with E-state index < -0.39 is 17.7 Å². The first-order chi connectivity index (χ1) is 15.4. The summed E-state index contributed by atoms with van der Waals surface area (Å²) in [6.45, 7) is 3.92. The summed E-state index contributed by atoms with van der Waals surface area (Å²) in [5.74, 6) is -1.59. The van der Waals surface area contributed by atoms with Crippen LogP contribution >= 0.6 is 11.3 Å². The highest BCUT2D eigenvalue weighted by Crippen LogP contribution is 2.44. The fourth-order valence-electron chi connectivity index (χ4n) is 3.92. The van der Waals surface area contributed by atoms with Crippen LogP contribution in [0.2, 0.25) is 0 Å². The van der Waals surface area contributed by atoms with Gasteiger partial charge in [0.25, 0.3) is 5.78 Å². The molecule has 1 unspecified atom stereocenters. The molecule has 4 aromatic rings. The zero-order valence-electron chi connectivity index (χ0n) is 17.6. The summed E-state index contributed by atoms with van der Waals surface area (Å²) in [5, 5.41) is 11.6. The number of aliphatic hydroxyl groups is 1. The number of hydrogen-bond acceptors (Lipinski definition) is 5. The molecule has 5 nitrogen and oxygen atoms in total. The Morgan fingerprint density at radius 3 is 2.19 bits per heavy atom. The van der Waals surface area contributed by atoms with Gasteiger partial charge in [0.1, 0.15) is 5.76 Å². The fourth-order valence-corrected chi connectivity index (χ4v) is 4.92. The van der Waals surface area contributed by atoms with Gasteiger partial charge < -0.3 is 5.11 Å². The van der Waals surface area contributed by atoms with E-state index in [1.165, 1.54) is 16.2 Å². The molecule has 5 rings (SSSR count). The quantitative estimate of drug-likeness (QED) is 0.258. The topological polar surface area (TPSA) is 70.5 Å². The van der Waals surface area contributed by atoms with Crippen LogP contribution in [0.1, 0.15) is 28.3 Å². The summed E-state index contributed by atoms with van der Waals surface area (Å²) in [5.41, 5.74) is 4.16. The summed E-state index contributed by atoms with van der Waals surface area (Å²) in [7, 11) is 0. The van der Waals surface area contributed by atoms with E-state index in [0.717, 1.165) is 26.9 Å². The highest BCUT2D eigenvalue weighted by atomic mass is 32.1. The first kappa shape index (κ1) is 20.2. The molecular weight excluding hydrogens is 420 g/mol. The number of thiazole rings is 1. The third-order valence-electron chi connectivity index (χ3n) is 5.65. The zero-order chi connectivity index (χ0) is 22.4. The Balaban J connectivity index is 1.73. The number of carbonyl (C=O) groups is 2. The molecule has 1 saturated heterocycles. The second-order valence-electron chi connectivity index (χ2n) is 7.91. The average molecular weight is 441 g/mol. The number of nitrogens with zero attached hydrogens (tertiary/aromatic N) is 2. The van der Waals surface area contributed by atoms with Gasteiger partial charge in [0.15, 0.2) is 5.13 Å². The molecule has 1 aliphatic heterocycles. The number of anilines is 1. The standard InChI is InChI=1S/C26H20N2O3S/c1-15-7-11-17(12-8-15)22-21(23(29)18-13-9-16(2)10-14-18)24(30)25(31)28(22)26-27-19-5-3-4-6-20(19)32-26/h3-14,22,29H,1-2H3/b23-21-. The van der Waals surface area contributed by atoms with Gasteiger partial charge in [0.2, 0.25) is 0 Å². The third kappa shape index (κ3) is 3.29. The summed E-state index contributed by atoms with van der Waals surface area (Å²) < 4.78 is 0.922. The molecular formula is C26H20N2O3S. The van der Waals surface area contributed by atoms with Crippen molar-refractivity contribution in [3.8, 4) is 0 Å². The van der Waals surface area contributed by atoms with Crippen LogP contribution < -0.4 is 4.90 Å². The monoisotopic (exact) mass is 440 g/mol. The second-order valence-corrected chi connectivity index (χ2v) is 8.92. The molecule has 1 aliphatic rings. The van der Waals surface area contributed by atoms with Crippen LogP contribution in [0.4, 0.5) is 5.13 Å². The molecule has 0 bridgehead atoms. The number of rotatable bonds is 3. The van der Waals surface area contributed by atoms with Gasteiger partial charge in [-0.05, 0) is 31.5 Å². The van der Waals surface area contributed by atoms with Crippen molar-refractivity contribution < 1.29 is 14.7 Å². The van der Waals surface area contributed by atoms with Gasteiger partial charge in [-0.2, -0.15) is 0 Å². The number of fused-ring (bicyclic) bond motifs is 1. The number of amides is 1. The van der Waals surface area contributed by atoms with Crippen LogP contribution in [0.25, 0.3) is 16.0 Å². The van der Waals surface area contributed by atoms with Crippen molar-refractivity contribution in [2.24, 2.45) is 0 Å². The van der Waals surface area contributed by atoms with Crippen LogP contribution in [0.3, 0.4) is 0 Å². The first-order valence-electron chi connectivity index (χ1n) is 10.2. The lowest BCUT2D eigenvalue weighted by Gasteiger charge is -2.23. The highest BCUT2D eigenvalue weighted by Gasteiger charge is 2.48. The number of ketones is 1. The zero-order valence-corrected chi connectivity index (χ0v) is 18.4. The Labute approximate surface area is 189 Å². The maximum absolute atomic E-state index is 13.2. The maximum Gasteiger partial charge on any atom is 0.301 e. The molecule has 32 heavy (non-hydrogen) atoms. The number of aliphatic hydroxyl groups excluding tert-OH is 1. The van der Waals surface area contributed by atoms with Crippen molar-refractivity contribution >= 4 is 44.1 Å². The molecule has 6 heteroatoms. The number of aromatic nitrogens is 1. The molecule has 0 radical (unpaired) electrons. The van der Waals surface area contributed by atoms with Gasteiger partial charge in [0, 0.05) is 5.56 Å². The minimum Gasteiger partial charge on any atom is -0.507 e. The van der Waals surface area contributed by atoms with Crippen LogP contribution in [0, 0.1) is 13.8 Å². The lowest BCUT2D eigenvalue weighted by Crippen LogP contribution is -2.29. The van der Waals surface area contributed by atoms with E-state index >= 15 is 0 Å². The van der Waals surface area contributed by atoms with Gasteiger partial charge in [-0.15, -0.1) is 0 Å². The molecule has 1 N–H and O–H groups in total. The smallest absolute Gasteiger partial charge is 0.301 e. The molecule has 1 aromatic heterocycles. The Bertz CT molecular complexity index is 1350. The second kappa shape index (κ2) is 7.73. The summed E-state index contributed by atoms with van der Waals surface area (Å²) >= 11 is 1.35. The summed E-state index contributed by atoms with van der Waals surface area (Å²) in [4.78, 5) is 32.5. The van der Waals surface area contributed by atoms with E-state index in [0.29, 0.717) is 10.7 Å². The van der Waals surface area contributed by atoms with E-state index in [2.05, 4.69) is 4.98 Å². The van der Waals surface area contributed by atoms with Crippen LogP contribution in [0.15, 0.2) is 78.4 Å². The van der Waals surface area contributed by atoms with Crippen molar-refractivity contribution in [2.75, 3.05) is 4.90 Å². The van der Waals surface area contributed by atoms with Gasteiger partial charge in [-0.3, -0.25) is 14.5 Å². The third-order valence-corrected chi connectivity index (χ3v) is 6.69. The number of benzene rings is 3. The maximum atomic E-state index is 13.2. The number of carbonyl (C=O) groups excluding carboxylic acids is 2. The first-order valence-corrected chi connectivity index (χ1v) is 11.1. The minimum absolute atomic E-state index is 0.0713. The Morgan fingerprint density at radius 1 is 0.906 bits per heavy atom. The molecule has 1 atom stereocenters. The average Bonchev–Trinajstić information content (AvgIpc) is 3.33. The van der Waals surface area contributed by atoms with E-state index in [1.54, 1.807) is 12.1 Å². The molecule has 1 amide bonds. The van der Waals surface area contributed by atoms with Crippen LogP contribution in [0.5, 0.6) is 0 Å². The molecule has 3 aromatic carbocycles. The summed E-state index contributed by atoms with van der Waals surface area (Å²) in [6, 6.07) is 21.7. The van der Waals surface area contributed by atoms with Gasteiger partial charge in [0.05, 0.1) is 21.8 Å². The number of Topliss-reactive ketones (excluding diaryl/α,β-unsaturated/α-hetero) is 1. The molecule has 158 valence electrons. The summed E-state index contributed by atoms with van der Waals surface area (Å²) in [6.07, 6.45) is 0. The van der Waals surface area contributed by atoms with E-state index in [9.17, 15) is 14.7 Å². The van der Waals surface area contributed by atoms with Crippen molar-refractivity contribution in [1.82, 2.24) is 4.98 Å². The molecule has 0 saturated carbocycles. The molecule has 2 heterocycles. The van der Waals surface area contributed by atoms with Crippen LogP contribution in [-0.2, 0) is 9.59 Å². The number of hydrogen-bond donors (Lipinski definition) is 1. The van der Waals surface area contributed by atoms with E-state index in [4.69, 9.17) is 0 Å². The Morgan fingerprint density at radius 2 is 1.53 bits per heavy atom. The predicted molar refractivity (Wildman–Crippen MR) is 127 cm³/mol. The lowest BCUT2D eigenvalue weighted by atomic mass is 9.94.